The molecule has 0 radical (unpaired) electrons. The van der Waals surface area contributed by atoms with Gasteiger partial charge in [0.2, 0.25) is 0 Å². The molecule has 2 rings (SSSR count). The van der Waals surface area contributed by atoms with E-state index in [4.69, 9.17) is 5.11 Å². The molecule has 92 valence electrons. The van der Waals surface area contributed by atoms with Gasteiger partial charge in [0, 0.05) is 18.0 Å². The number of benzene rings is 1. The van der Waals surface area contributed by atoms with Crippen molar-refractivity contribution in [3.8, 4) is 11.4 Å². The van der Waals surface area contributed by atoms with Gasteiger partial charge in [-0.15, -0.1) is 0 Å². The number of nitrogens with zero attached hydrogens (tertiary/aromatic N) is 2. The molecule has 0 bridgehead atoms. The van der Waals surface area contributed by atoms with Crippen molar-refractivity contribution in [3.63, 3.8) is 0 Å². The Balaban J connectivity index is 2.52. The molecule has 1 N–H and O–H groups in total. The lowest BCUT2D eigenvalue weighted by atomic mass is 9.99. The second kappa shape index (κ2) is 4.56. The van der Waals surface area contributed by atoms with E-state index in [1.54, 1.807) is 0 Å². The van der Waals surface area contributed by atoms with E-state index in [0.717, 1.165) is 16.7 Å². The minimum atomic E-state index is -1.01. The minimum absolute atomic E-state index is 0.0983. The first-order valence-electron chi connectivity index (χ1n) is 5.62. The van der Waals surface area contributed by atoms with Crippen LogP contribution in [0.5, 0.6) is 0 Å². The Kier molecular flexibility index (Phi) is 3.10. The van der Waals surface area contributed by atoms with Crippen LogP contribution in [0.3, 0.4) is 0 Å². The maximum absolute atomic E-state index is 10.7. The molecule has 0 spiro atoms. The lowest BCUT2D eigenvalue weighted by molar-refractivity contribution is 0.0696. The van der Waals surface area contributed by atoms with Crippen molar-refractivity contribution in [2.75, 3.05) is 0 Å². The van der Waals surface area contributed by atoms with E-state index in [0.29, 0.717) is 5.82 Å². The minimum Gasteiger partial charge on any atom is -0.478 e. The summed E-state index contributed by atoms with van der Waals surface area (Å²) in [6, 6.07) is 4.13. The zero-order valence-corrected chi connectivity index (χ0v) is 10.6. The van der Waals surface area contributed by atoms with E-state index < -0.39 is 5.97 Å². The Labute approximate surface area is 105 Å². The maximum atomic E-state index is 10.7. The third kappa shape index (κ3) is 2.22. The SMILES string of the molecule is Cc1cc(C)c(-c2ncc(C(=O)O)cn2)c(C)c1. The Morgan fingerprint density at radius 2 is 1.56 bits per heavy atom. The number of hydrogen-bond donors (Lipinski definition) is 1. The van der Waals surface area contributed by atoms with Gasteiger partial charge < -0.3 is 5.11 Å². The fourth-order valence-electron chi connectivity index (χ4n) is 2.10. The number of carboxylic acids is 1. The van der Waals surface area contributed by atoms with E-state index >= 15 is 0 Å². The quantitative estimate of drug-likeness (QED) is 0.879. The normalized spacial score (nSPS) is 10.4. The van der Waals surface area contributed by atoms with Gasteiger partial charge in [-0.2, -0.15) is 0 Å². The second-order valence-corrected chi connectivity index (χ2v) is 4.37. The lowest BCUT2D eigenvalue weighted by Gasteiger charge is -2.09. The Hall–Kier alpha value is -2.23. The summed E-state index contributed by atoms with van der Waals surface area (Å²) in [7, 11) is 0. The molecule has 4 nitrogen and oxygen atoms in total. The van der Waals surface area contributed by atoms with Crippen LogP contribution in [0.4, 0.5) is 0 Å². The van der Waals surface area contributed by atoms with Crippen molar-refractivity contribution in [3.05, 3.63) is 46.8 Å². The lowest BCUT2D eigenvalue weighted by Crippen LogP contribution is -2.01. The Morgan fingerprint density at radius 1 is 1.06 bits per heavy atom. The number of carbonyl (C=O) groups is 1. The summed E-state index contributed by atoms with van der Waals surface area (Å²) in [4.78, 5) is 19.0. The molecule has 0 saturated heterocycles. The Bertz CT molecular complexity index is 581. The molecule has 0 aliphatic heterocycles. The highest BCUT2D eigenvalue weighted by molar-refractivity contribution is 5.87. The number of rotatable bonds is 2. The highest BCUT2D eigenvalue weighted by Gasteiger charge is 2.10. The zero-order chi connectivity index (χ0) is 13.3. The van der Waals surface area contributed by atoms with Crippen LogP contribution in [0.25, 0.3) is 11.4 Å². The zero-order valence-electron chi connectivity index (χ0n) is 10.6. The second-order valence-electron chi connectivity index (χ2n) is 4.37. The number of hydrogen-bond acceptors (Lipinski definition) is 3. The monoisotopic (exact) mass is 242 g/mol. The van der Waals surface area contributed by atoms with Crippen LogP contribution in [0, 0.1) is 20.8 Å². The largest absolute Gasteiger partial charge is 0.478 e. The Morgan fingerprint density at radius 3 is 2.00 bits per heavy atom. The number of carboxylic acid groups (broad SMARTS) is 1. The third-order valence-corrected chi connectivity index (χ3v) is 2.80. The molecular weight excluding hydrogens is 228 g/mol. The van der Waals surface area contributed by atoms with Crippen molar-refractivity contribution in [1.29, 1.82) is 0 Å². The molecule has 1 aromatic carbocycles. The van der Waals surface area contributed by atoms with E-state index in [2.05, 4.69) is 22.1 Å². The number of aromatic carboxylic acids is 1. The summed E-state index contributed by atoms with van der Waals surface area (Å²) in [6.07, 6.45) is 2.67. The molecule has 0 aliphatic carbocycles. The van der Waals surface area contributed by atoms with Gasteiger partial charge in [-0.3, -0.25) is 0 Å². The predicted molar refractivity (Wildman–Crippen MR) is 68.6 cm³/mol. The molecule has 2 aromatic rings. The molecule has 0 amide bonds. The van der Waals surface area contributed by atoms with Gasteiger partial charge in [0.1, 0.15) is 0 Å². The van der Waals surface area contributed by atoms with Crippen molar-refractivity contribution in [1.82, 2.24) is 9.97 Å². The van der Waals surface area contributed by atoms with Crippen molar-refractivity contribution >= 4 is 5.97 Å². The van der Waals surface area contributed by atoms with E-state index in [1.165, 1.54) is 18.0 Å². The summed E-state index contributed by atoms with van der Waals surface area (Å²) in [6.45, 7) is 6.05. The summed E-state index contributed by atoms with van der Waals surface area (Å²) in [5, 5.41) is 8.81. The van der Waals surface area contributed by atoms with Gasteiger partial charge in [0.25, 0.3) is 0 Å². The van der Waals surface area contributed by atoms with Crippen molar-refractivity contribution in [2.45, 2.75) is 20.8 Å². The van der Waals surface area contributed by atoms with E-state index in [-0.39, 0.29) is 5.56 Å². The van der Waals surface area contributed by atoms with Gasteiger partial charge >= 0.3 is 5.97 Å². The highest BCUT2D eigenvalue weighted by Crippen LogP contribution is 2.25. The van der Waals surface area contributed by atoms with Crippen molar-refractivity contribution in [2.24, 2.45) is 0 Å². The van der Waals surface area contributed by atoms with Gasteiger partial charge in [-0.1, -0.05) is 17.7 Å². The van der Waals surface area contributed by atoms with Gasteiger partial charge in [0.15, 0.2) is 5.82 Å². The topological polar surface area (TPSA) is 63.1 Å². The summed E-state index contributed by atoms with van der Waals surface area (Å²) < 4.78 is 0. The smallest absolute Gasteiger partial charge is 0.338 e. The molecular formula is C14H14N2O2. The standard InChI is InChI=1S/C14H14N2O2/c1-8-4-9(2)12(10(3)5-8)13-15-6-11(7-16-13)14(17)18/h4-7H,1-3H3,(H,17,18). The fraction of sp³-hybridized carbons (Fsp3) is 0.214. The third-order valence-electron chi connectivity index (χ3n) is 2.80. The number of aryl methyl sites for hydroxylation is 3. The molecule has 1 aromatic heterocycles. The molecule has 0 aliphatic rings. The summed E-state index contributed by atoms with van der Waals surface area (Å²) in [5.41, 5.74) is 4.45. The van der Waals surface area contributed by atoms with E-state index in [9.17, 15) is 4.79 Å². The summed E-state index contributed by atoms with van der Waals surface area (Å²) >= 11 is 0. The first-order valence-corrected chi connectivity index (χ1v) is 5.62. The average Bonchev–Trinajstić information content (AvgIpc) is 2.28. The molecule has 0 unspecified atom stereocenters. The summed E-state index contributed by atoms with van der Waals surface area (Å²) in [5.74, 6) is -0.450. The van der Waals surface area contributed by atoms with Crippen LogP contribution >= 0.6 is 0 Å². The predicted octanol–water partition coefficient (Wildman–Crippen LogP) is 2.77. The molecule has 0 saturated carbocycles. The van der Waals surface area contributed by atoms with Crippen LogP contribution in [-0.4, -0.2) is 21.0 Å². The first-order chi connectivity index (χ1) is 8.49. The molecule has 0 fully saturated rings. The van der Waals surface area contributed by atoms with E-state index in [1.807, 2.05) is 20.8 Å². The van der Waals surface area contributed by atoms with Gasteiger partial charge in [0.05, 0.1) is 5.56 Å². The molecule has 4 heteroatoms. The fourth-order valence-corrected chi connectivity index (χ4v) is 2.10. The van der Waals surface area contributed by atoms with Crippen LogP contribution in [-0.2, 0) is 0 Å². The molecule has 1 heterocycles. The van der Waals surface area contributed by atoms with Crippen LogP contribution in [0.15, 0.2) is 24.5 Å². The van der Waals surface area contributed by atoms with Crippen molar-refractivity contribution < 1.29 is 9.90 Å². The average molecular weight is 242 g/mol. The maximum Gasteiger partial charge on any atom is 0.338 e. The van der Waals surface area contributed by atoms with Crippen LogP contribution in [0.2, 0.25) is 0 Å². The molecule has 18 heavy (non-hydrogen) atoms. The number of aromatic nitrogens is 2. The van der Waals surface area contributed by atoms with Gasteiger partial charge in [-0.25, -0.2) is 14.8 Å². The molecule has 0 atom stereocenters. The first kappa shape index (κ1) is 12.2. The van der Waals surface area contributed by atoms with Crippen LogP contribution in [0.1, 0.15) is 27.0 Å². The van der Waals surface area contributed by atoms with Gasteiger partial charge in [-0.05, 0) is 31.9 Å². The highest BCUT2D eigenvalue weighted by atomic mass is 16.4. The van der Waals surface area contributed by atoms with Crippen LogP contribution < -0.4 is 0 Å².